The SMILES string of the molecule is CC[C@@H](C)c1ccc([C@H]([NH2+]CC(=O)NC(=O)NC2CC2)C(C)C)cc1. The number of carbonyl (C=O) groups is 2. The van der Waals surface area contributed by atoms with Crippen molar-refractivity contribution < 1.29 is 14.9 Å². The summed E-state index contributed by atoms with van der Waals surface area (Å²) in [6.07, 6.45) is 3.15. The predicted molar refractivity (Wildman–Crippen MR) is 99.2 cm³/mol. The normalized spacial score (nSPS) is 16.4. The molecule has 1 aliphatic rings. The molecule has 0 spiro atoms. The number of rotatable bonds is 8. The standard InChI is InChI=1S/C20H31N3O2/c1-5-14(4)15-6-8-16(9-7-15)19(13(2)3)21-12-18(24)23-20(25)22-17-10-11-17/h6-9,13-14,17,19,21H,5,10-12H2,1-4H3,(H2,22,23,24,25)/p+1/t14-,19-/m1/s1. The lowest BCUT2D eigenvalue weighted by Crippen LogP contribution is -2.88. The second-order valence-corrected chi connectivity index (χ2v) is 7.48. The van der Waals surface area contributed by atoms with E-state index in [4.69, 9.17) is 0 Å². The summed E-state index contributed by atoms with van der Waals surface area (Å²) in [6, 6.07) is 8.79. The summed E-state index contributed by atoms with van der Waals surface area (Å²) < 4.78 is 0. The van der Waals surface area contributed by atoms with Crippen molar-refractivity contribution in [3.8, 4) is 0 Å². The minimum Gasteiger partial charge on any atom is -0.335 e. The average Bonchev–Trinajstić information content (AvgIpc) is 3.38. The highest BCUT2D eigenvalue weighted by atomic mass is 16.2. The number of hydrogen-bond donors (Lipinski definition) is 3. The van der Waals surface area contributed by atoms with Crippen LogP contribution in [0.4, 0.5) is 4.79 Å². The van der Waals surface area contributed by atoms with Crippen LogP contribution in [0.3, 0.4) is 0 Å². The van der Waals surface area contributed by atoms with Gasteiger partial charge in [0.25, 0.3) is 5.91 Å². The Labute approximate surface area is 151 Å². The maximum Gasteiger partial charge on any atom is 0.321 e. The second-order valence-electron chi connectivity index (χ2n) is 7.48. The minimum absolute atomic E-state index is 0.197. The van der Waals surface area contributed by atoms with E-state index in [9.17, 15) is 9.59 Å². The van der Waals surface area contributed by atoms with Gasteiger partial charge < -0.3 is 10.6 Å². The fourth-order valence-electron chi connectivity index (χ4n) is 2.94. The van der Waals surface area contributed by atoms with E-state index >= 15 is 0 Å². The molecule has 3 amide bonds. The molecule has 138 valence electrons. The van der Waals surface area contributed by atoms with Crippen molar-refractivity contribution in [1.82, 2.24) is 10.6 Å². The van der Waals surface area contributed by atoms with Gasteiger partial charge in [0.2, 0.25) is 0 Å². The molecule has 0 saturated heterocycles. The van der Waals surface area contributed by atoms with Gasteiger partial charge in [-0.1, -0.05) is 52.0 Å². The Balaban J connectivity index is 1.89. The van der Waals surface area contributed by atoms with E-state index in [1.165, 1.54) is 11.1 Å². The largest absolute Gasteiger partial charge is 0.335 e. The zero-order chi connectivity index (χ0) is 18.4. The monoisotopic (exact) mass is 346 g/mol. The van der Waals surface area contributed by atoms with Crippen LogP contribution >= 0.6 is 0 Å². The van der Waals surface area contributed by atoms with Gasteiger partial charge >= 0.3 is 6.03 Å². The second kappa shape index (κ2) is 8.99. The third-order valence-corrected chi connectivity index (χ3v) is 4.94. The molecule has 5 heteroatoms. The number of nitrogens with two attached hydrogens (primary N) is 1. The van der Waals surface area contributed by atoms with Gasteiger partial charge in [0.05, 0.1) is 0 Å². The first-order valence-electron chi connectivity index (χ1n) is 9.44. The summed E-state index contributed by atoms with van der Waals surface area (Å²) >= 11 is 0. The summed E-state index contributed by atoms with van der Waals surface area (Å²) in [6.45, 7) is 8.98. The molecule has 0 aliphatic heterocycles. The van der Waals surface area contributed by atoms with Gasteiger partial charge in [-0.2, -0.15) is 0 Å². The van der Waals surface area contributed by atoms with Crippen molar-refractivity contribution in [3.05, 3.63) is 35.4 Å². The lowest BCUT2D eigenvalue weighted by atomic mass is 9.92. The molecule has 4 N–H and O–H groups in total. The number of amides is 3. The highest BCUT2D eigenvalue weighted by molar-refractivity contribution is 5.94. The molecule has 1 aromatic rings. The van der Waals surface area contributed by atoms with Gasteiger partial charge in [0.15, 0.2) is 6.54 Å². The third kappa shape index (κ3) is 6.16. The predicted octanol–water partition coefficient (Wildman–Crippen LogP) is 2.45. The number of nitrogens with one attached hydrogen (secondary N) is 2. The number of urea groups is 1. The molecule has 0 radical (unpaired) electrons. The molecule has 0 aromatic heterocycles. The highest BCUT2D eigenvalue weighted by Gasteiger charge is 2.25. The van der Waals surface area contributed by atoms with Crippen molar-refractivity contribution in [3.63, 3.8) is 0 Å². The summed E-state index contributed by atoms with van der Waals surface area (Å²) in [4.78, 5) is 23.6. The van der Waals surface area contributed by atoms with Crippen molar-refractivity contribution in [2.45, 2.75) is 65.0 Å². The van der Waals surface area contributed by atoms with Crippen LogP contribution in [0, 0.1) is 5.92 Å². The first kappa shape index (κ1) is 19.4. The van der Waals surface area contributed by atoms with Crippen LogP contribution in [0.15, 0.2) is 24.3 Å². The average molecular weight is 346 g/mol. The Kier molecular flexibility index (Phi) is 7.00. The van der Waals surface area contributed by atoms with Crippen LogP contribution in [-0.2, 0) is 4.79 Å². The van der Waals surface area contributed by atoms with E-state index in [1.807, 2.05) is 5.32 Å². The number of benzene rings is 1. The van der Waals surface area contributed by atoms with Crippen LogP contribution in [0.25, 0.3) is 0 Å². The van der Waals surface area contributed by atoms with Crippen LogP contribution in [0.1, 0.15) is 70.0 Å². The van der Waals surface area contributed by atoms with E-state index < -0.39 is 0 Å². The van der Waals surface area contributed by atoms with E-state index in [1.54, 1.807) is 0 Å². The van der Waals surface area contributed by atoms with Crippen LogP contribution in [0.5, 0.6) is 0 Å². The molecule has 5 nitrogen and oxygen atoms in total. The van der Waals surface area contributed by atoms with Gasteiger partial charge in [-0.25, -0.2) is 4.79 Å². The zero-order valence-corrected chi connectivity index (χ0v) is 15.8. The fourth-order valence-corrected chi connectivity index (χ4v) is 2.94. The molecular formula is C20H32N3O2+. The number of quaternary nitrogens is 1. The maximum absolute atomic E-state index is 12.0. The van der Waals surface area contributed by atoms with Crippen LogP contribution in [0.2, 0.25) is 0 Å². The van der Waals surface area contributed by atoms with Crippen LogP contribution in [-0.4, -0.2) is 24.5 Å². The molecule has 2 rings (SSSR count). The molecule has 25 heavy (non-hydrogen) atoms. The lowest BCUT2D eigenvalue weighted by Gasteiger charge is -2.20. The molecule has 1 saturated carbocycles. The van der Waals surface area contributed by atoms with Crippen molar-refractivity contribution in [2.75, 3.05) is 6.54 Å². The summed E-state index contributed by atoms with van der Waals surface area (Å²) in [5, 5.41) is 7.19. The minimum atomic E-state index is -0.375. The van der Waals surface area contributed by atoms with Crippen molar-refractivity contribution in [2.24, 2.45) is 5.92 Å². The van der Waals surface area contributed by atoms with E-state index in [0.29, 0.717) is 11.8 Å². The van der Waals surface area contributed by atoms with Crippen LogP contribution < -0.4 is 16.0 Å². The lowest BCUT2D eigenvalue weighted by molar-refractivity contribution is -0.692. The summed E-state index contributed by atoms with van der Waals surface area (Å²) in [7, 11) is 0. The Morgan fingerprint density at radius 1 is 1.12 bits per heavy atom. The summed E-state index contributed by atoms with van der Waals surface area (Å²) in [5.41, 5.74) is 2.57. The first-order valence-corrected chi connectivity index (χ1v) is 9.44. The molecule has 0 bridgehead atoms. The Morgan fingerprint density at radius 3 is 2.24 bits per heavy atom. The molecule has 1 aliphatic carbocycles. The van der Waals surface area contributed by atoms with Gasteiger partial charge in [0, 0.05) is 17.5 Å². The maximum atomic E-state index is 12.0. The first-order chi connectivity index (χ1) is 11.9. The third-order valence-electron chi connectivity index (χ3n) is 4.94. The molecule has 0 heterocycles. The Morgan fingerprint density at radius 2 is 1.72 bits per heavy atom. The Hall–Kier alpha value is -1.88. The fraction of sp³-hybridized carbons (Fsp3) is 0.600. The van der Waals surface area contributed by atoms with Gasteiger partial charge in [-0.05, 0) is 30.7 Å². The van der Waals surface area contributed by atoms with E-state index in [0.717, 1.165) is 19.3 Å². The van der Waals surface area contributed by atoms with E-state index in [-0.39, 0.29) is 30.6 Å². The van der Waals surface area contributed by atoms with Gasteiger partial charge in [-0.3, -0.25) is 10.1 Å². The van der Waals surface area contributed by atoms with Gasteiger partial charge in [0.1, 0.15) is 6.04 Å². The number of hydrogen-bond acceptors (Lipinski definition) is 2. The highest BCUT2D eigenvalue weighted by Crippen LogP contribution is 2.23. The Bertz CT molecular complexity index is 579. The number of carbonyl (C=O) groups excluding carboxylic acids is 2. The quantitative estimate of drug-likeness (QED) is 0.676. The van der Waals surface area contributed by atoms with Gasteiger partial charge in [-0.15, -0.1) is 0 Å². The molecule has 2 atom stereocenters. The molecule has 1 fully saturated rings. The van der Waals surface area contributed by atoms with Crippen molar-refractivity contribution in [1.29, 1.82) is 0 Å². The summed E-state index contributed by atoms with van der Waals surface area (Å²) in [5.74, 6) is 0.703. The van der Waals surface area contributed by atoms with E-state index in [2.05, 4.69) is 62.6 Å². The smallest absolute Gasteiger partial charge is 0.321 e. The van der Waals surface area contributed by atoms with Crippen molar-refractivity contribution >= 4 is 11.9 Å². The topological polar surface area (TPSA) is 74.8 Å². The molecule has 0 unspecified atom stereocenters. The zero-order valence-electron chi connectivity index (χ0n) is 15.8. The number of imide groups is 1. The molecular weight excluding hydrogens is 314 g/mol. The molecule has 1 aromatic carbocycles.